The van der Waals surface area contributed by atoms with E-state index in [1.54, 1.807) is 0 Å². The lowest BCUT2D eigenvalue weighted by Crippen LogP contribution is -2.24. The van der Waals surface area contributed by atoms with Gasteiger partial charge in [-0.1, -0.05) is 234 Å². The Labute approximate surface area is 300 Å². The van der Waals surface area contributed by atoms with E-state index in [-0.39, 0.29) is 7.43 Å². The molecule has 46 heavy (non-hydrogen) atoms. The van der Waals surface area contributed by atoms with E-state index >= 15 is 0 Å². The van der Waals surface area contributed by atoms with Crippen molar-refractivity contribution in [2.75, 3.05) is 0 Å². The molecule has 0 heterocycles. The Morgan fingerprint density at radius 3 is 1.20 bits per heavy atom. The molecule has 0 bridgehead atoms. The molecule has 2 atom stereocenters. The Kier molecular flexibility index (Phi) is 71.5. The van der Waals surface area contributed by atoms with Crippen molar-refractivity contribution in [3.05, 3.63) is 0 Å². The van der Waals surface area contributed by atoms with Crippen molar-refractivity contribution in [2.24, 2.45) is 29.1 Å². The van der Waals surface area contributed by atoms with Crippen molar-refractivity contribution in [2.45, 2.75) is 260 Å². The quantitative estimate of drug-likeness (QED) is 0.115. The minimum absolute atomic E-state index is 0. The molecule has 0 nitrogen and oxygen atoms in total. The molecule has 0 radical (unpaired) electrons. The Hall–Kier alpha value is -0.440. The fourth-order valence-corrected chi connectivity index (χ4v) is 5.30. The predicted molar refractivity (Wildman–Crippen MR) is 225 cm³/mol. The summed E-state index contributed by atoms with van der Waals surface area (Å²) in [7, 11) is 0. The first kappa shape index (κ1) is 60.8. The predicted octanol–water partition coefficient (Wildman–Crippen LogP) is 18.2. The summed E-state index contributed by atoms with van der Waals surface area (Å²) in [6, 6.07) is 0. The highest BCUT2D eigenvalue weighted by atomic mass is 14.3. The van der Waals surface area contributed by atoms with Gasteiger partial charge in [0.05, 0.1) is 0 Å². The fraction of sp³-hybridized carbons (Fsp3) is 0.957. The number of hydrogen-bond acceptors (Lipinski definition) is 0. The lowest BCUT2D eigenvalue weighted by molar-refractivity contribution is 0.164. The molecule has 0 N–H and O–H groups in total. The van der Waals surface area contributed by atoms with Crippen LogP contribution < -0.4 is 0 Å². The maximum atomic E-state index is 5.27. The van der Waals surface area contributed by atoms with Gasteiger partial charge in [-0.05, 0) is 48.3 Å². The van der Waals surface area contributed by atoms with Crippen LogP contribution in [-0.4, -0.2) is 0 Å². The largest absolute Gasteiger partial charge is 0.120 e. The van der Waals surface area contributed by atoms with E-state index in [0.29, 0.717) is 5.41 Å². The molecule has 0 amide bonds. The van der Waals surface area contributed by atoms with E-state index in [2.05, 4.69) is 110 Å². The van der Waals surface area contributed by atoms with E-state index in [1.165, 1.54) is 128 Å². The standard InChI is InChI=1S/C21H40.C7H14.C6H14.3C3H8.C2H6.CH4/c1-6-9-10-11-12-13-14-15-16-19-21(4,5)20(17-7-2)18-8-3;1-6-3-4-7(2)5-6;1-4-6(3)5-2;3*1-3-2;1-2;/h1,20H,7-19H2,2-5H3;6-7H,3-5H2,1-2H3;6H,4-5H2,1-3H3;3*3H2,1-2H3;1-2H3;1H4. The van der Waals surface area contributed by atoms with Crippen molar-refractivity contribution in [3.63, 3.8) is 0 Å². The van der Waals surface area contributed by atoms with Gasteiger partial charge in [0.15, 0.2) is 0 Å². The second kappa shape index (κ2) is 54.0. The summed E-state index contributed by atoms with van der Waals surface area (Å²) in [6.45, 7) is 37.9. The Morgan fingerprint density at radius 2 is 0.957 bits per heavy atom. The van der Waals surface area contributed by atoms with Gasteiger partial charge in [0.2, 0.25) is 0 Å². The first-order chi connectivity index (χ1) is 21.4. The van der Waals surface area contributed by atoms with Crippen LogP contribution in [-0.2, 0) is 0 Å². The maximum Gasteiger partial charge on any atom is 0.00860 e. The van der Waals surface area contributed by atoms with Crippen molar-refractivity contribution in [3.8, 4) is 12.3 Å². The smallest absolute Gasteiger partial charge is 0.00860 e. The van der Waals surface area contributed by atoms with Gasteiger partial charge in [0, 0.05) is 6.42 Å². The second-order valence-corrected chi connectivity index (χ2v) is 14.5. The molecule has 1 aliphatic rings. The molecule has 0 saturated heterocycles. The average molecular weight is 655 g/mol. The molecule has 0 aromatic carbocycles. The normalized spacial score (nSPS) is 14.4. The zero-order valence-electron chi connectivity index (χ0n) is 35.7. The molecule has 0 aromatic heterocycles. The topological polar surface area (TPSA) is 0 Å². The summed E-state index contributed by atoms with van der Waals surface area (Å²) >= 11 is 0. The number of rotatable bonds is 16. The number of hydrogen-bond donors (Lipinski definition) is 0. The highest BCUT2D eigenvalue weighted by Gasteiger charge is 2.27. The van der Waals surface area contributed by atoms with Crippen LogP contribution in [0, 0.1) is 41.4 Å². The van der Waals surface area contributed by atoms with Gasteiger partial charge in [-0.2, -0.15) is 0 Å². The Balaban J connectivity index is -0.0000000988. The molecule has 1 rings (SSSR count). The van der Waals surface area contributed by atoms with E-state index in [9.17, 15) is 0 Å². The molecule has 2 unspecified atom stereocenters. The molecule has 0 spiro atoms. The monoisotopic (exact) mass is 655 g/mol. The first-order valence-electron chi connectivity index (χ1n) is 20.9. The fourth-order valence-electron chi connectivity index (χ4n) is 5.30. The molecule has 0 aromatic rings. The maximum absolute atomic E-state index is 5.27. The Morgan fingerprint density at radius 1 is 0.630 bits per heavy atom. The summed E-state index contributed by atoms with van der Waals surface area (Å²) in [4.78, 5) is 0. The summed E-state index contributed by atoms with van der Waals surface area (Å²) < 4.78 is 0. The number of terminal acetylenes is 1. The van der Waals surface area contributed by atoms with Crippen LogP contribution in [0.4, 0.5) is 0 Å². The third kappa shape index (κ3) is 59.0. The molecule has 0 heteroatoms. The molecular weight excluding hydrogens is 553 g/mol. The van der Waals surface area contributed by atoms with E-state index in [0.717, 1.165) is 30.1 Å². The van der Waals surface area contributed by atoms with Gasteiger partial charge < -0.3 is 0 Å². The van der Waals surface area contributed by atoms with Crippen molar-refractivity contribution < 1.29 is 0 Å². The van der Waals surface area contributed by atoms with Crippen LogP contribution in [0.15, 0.2) is 0 Å². The summed E-state index contributed by atoms with van der Waals surface area (Å²) in [5, 5.41) is 0. The molecule has 1 saturated carbocycles. The van der Waals surface area contributed by atoms with Crippen molar-refractivity contribution in [1.29, 1.82) is 0 Å². The lowest BCUT2D eigenvalue weighted by atomic mass is 9.71. The van der Waals surface area contributed by atoms with Crippen LogP contribution in [0.3, 0.4) is 0 Å². The summed E-state index contributed by atoms with van der Waals surface area (Å²) in [6.07, 6.45) is 33.5. The zero-order valence-corrected chi connectivity index (χ0v) is 35.7. The average Bonchev–Trinajstić information content (AvgIpc) is 3.40. The SMILES string of the molecule is C.C#CCCCCCCCCCC(C)(C)C(CCC)CCC.CC.CC1CCC(C)C1.CCC.CCC.CCC.CCC(C)CC. The third-order valence-corrected chi connectivity index (χ3v) is 8.37. The highest BCUT2D eigenvalue weighted by Crippen LogP contribution is 2.38. The summed E-state index contributed by atoms with van der Waals surface area (Å²) in [5.41, 5.74) is 0.540. The van der Waals surface area contributed by atoms with E-state index < -0.39 is 0 Å². The number of unbranched alkanes of at least 4 members (excludes halogenated alkanes) is 7. The van der Waals surface area contributed by atoms with Crippen LogP contribution in [0.2, 0.25) is 0 Å². The molecule has 286 valence electrons. The molecule has 0 aliphatic heterocycles. The van der Waals surface area contributed by atoms with Crippen molar-refractivity contribution in [1.82, 2.24) is 0 Å². The van der Waals surface area contributed by atoms with Gasteiger partial charge in [-0.15, -0.1) is 12.3 Å². The second-order valence-electron chi connectivity index (χ2n) is 14.5. The van der Waals surface area contributed by atoms with Crippen LogP contribution in [0.25, 0.3) is 0 Å². The van der Waals surface area contributed by atoms with Gasteiger partial charge >= 0.3 is 0 Å². The van der Waals surface area contributed by atoms with E-state index in [4.69, 9.17) is 6.42 Å². The lowest BCUT2D eigenvalue weighted by Gasteiger charge is -2.34. The van der Waals surface area contributed by atoms with Gasteiger partial charge in [0.25, 0.3) is 0 Å². The van der Waals surface area contributed by atoms with Gasteiger partial charge in [0.1, 0.15) is 0 Å². The minimum atomic E-state index is 0. The third-order valence-electron chi connectivity index (χ3n) is 8.37. The highest BCUT2D eigenvalue weighted by molar-refractivity contribution is 4.82. The molecular formula is C46H102. The first-order valence-corrected chi connectivity index (χ1v) is 20.9. The van der Waals surface area contributed by atoms with Crippen LogP contribution in [0.5, 0.6) is 0 Å². The molecule has 1 fully saturated rings. The van der Waals surface area contributed by atoms with Crippen LogP contribution >= 0.6 is 0 Å². The molecule has 1 aliphatic carbocycles. The van der Waals surface area contributed by atoms with Gasteiger partial charge in [-0.3, -0.25) is 0 Å². The minimum Gasteiger partial charge on any atom is -0.120 e. The van der Waals surface area contributed by atoms with Crippen molar-refractivity contribution >= 4 is 0 Å². The Bertz CT molecular complexity index is 458. The van der Waals surface area contributed by atoms with Gasteiger partial charge in [-0.25, -0.2) is 0 Å². The van der Waals surface area contributed by atoms with Crippen LogP contribution in [0.1, 0.15) is 260 Å². The summed E-state index contributed by atoms with van der Waals surface area (Å²) in [5.74, 6) is 6.64. The zero-order chi connectivity index (χ0) is 36.4. The van der Waals surface area contributed by atoms with E-state index in [1.807, 2.05) is 13.8 Å².